The average molecular weight is 315 g/mol. The van der Waals surface area contributed by atoms with Gasteiger partial charge < -0.3 is 10.4 Å². The van der Waals surface area contributed by atoms with Gasteiger partial charge in [0, 0.05) is 23.7 Å². The predicted molar refractivity (Wildman–Crippen MR) is 79.9 cm³/mol. The molecule has 1 saturated carbocycles. The summed E-state index contributed by atoms with van der Waals surface area (Å²) < 4.78 is 13.2. The van der Waals surface area contributed by atoms with Crippen LogP contribution < -0.4 is 5.32 Å². The molecule has 2 N–H and O–H groups in total. The minimum Gasteiger partial charge on any atom is -0.480 e. The third kappa shape index (κ3) is 4.66. The van der Waals surface area contributed by atoms with Gasteiger partial charge in [0.25, 0.3) is 0 Å². The van der Waals surface area contributed by atoms with Crippen molar-refractivity contribution in [2.45, 2.75) is 38.4 Å². The summed E-state index contributed by atoms with van der Waals surface area (Å²) in [4.78, 5) is 12.7. The molecule has 116 valence electrons. The molecule has 21 heavy (non-hydrogen) atoms. The van der Waals surface area contributed by atoms with Gasteiger partial charge in [0.15, 0.2) is 0 Å². The molecule has 0 amide bonds. The molecule has 0 spiro atoms. The summed E-state index contributed by atoms with van der Waals surface area (Å²) in [5, 5.41) is 12.6. The topological polar surface area (TPSA) is 52.6 Å². The second-order valence-corrected chi connectivity index (χ2v) is 5.87. The molecule has 0 radical (unpaired) electrons. The molecule has 1 aliphatic carbocycles. The quantitative estimate of drug-likeness (QED) is 0.812. The van der Waals surface area contributed by atoms with Gasteiger partial charge in [0.2, 0.25) is 0 Å². The SMILES string of the molecule is CCN(CC(=O)O)C1CC(NCc2cc(F)cc(Cl)c2)C1. The van der Waals surface area contributed by atoms with E-state index in [1.54, 1.807) is 6.07 Å². The molecule has 1 aromatic rings. The van der Waals surface area contributed by atoms with Crippen molar-refractivity contribution >= 4 is 17.6 Å². The number of likely N-dealkylation sites (N-methyl/N-ethyl adjacent to an activating group) is 1. The van der Waals surface area contributed by atoms with Crippen LogP contribution in [0.3, 0.4) is 0 Å². The summed E-state index contributed by atoms with van der Waals surface area (Å²) in [6.07, 6.45) is 1.84. The van der Waals surface area contributed by atoms with Crippen molar-refractivity contribution in [1.29, 1.82) is 0 Å². The molecule has 0 aliphatic heterocycles. The number of nitrogens with one attached hydrogen (secondary N) is 1. The van der Waals surface area contributed by atoms with E-state index in [0.29, 0.717) is 23.7 Å². The predicted octanol–water partition coefficient (Wildman–Crippen LogP) is 2.51. The van der Waals surface area contributed by atoms with E-state index in [2.05, 4.69) is 5.32 Å². The molecule has 2 rings (SSSR count). The van der Waals surface area contributed by atoms with Gasteiger partial charge in [-0.15, -0.1) is 0 Å². The highest BCUT2D eigenvalue weighted by Crippen LogP contribution is 2.26. The highest BCUT2D eigenvalue weighted by Gasteiger charge is 2.33. The Balaban J connectivity index is 1.76. The van der Waals surface area contributed by atoms with Crippen LogP contribution in [0.15, 0.2) is 18.2 Å². The van der Waals surface area contributed by atoms with Crippen molar-refractivity contribution in [3.05, 3.63) is 34.6 Å². The molecular formula is C15H20ClFN2O2. The summed E-state index contributed by atoms with van der Waals surface area (Å²) in [6.45, 7) is 3.37. The highest BCUT2D eigenvalue weighted by atomic mass is 35.5. The molecule has 1 fully saturated rings. The van der Waals surface area contributed by atoms with E-state index < -0.39 is 5.97 Å². The normalized spacial score (nSPS) is 21.3. The maximum atomic E-state index is 13.2. The molecule has 0 unspecified atom stereocenters. The lowest BCUT2D eigenvalue weighted by molar-refractivity contribution is -0.139. The molecule has 0 atom stereocenters. The fourth-order valence-corrected chi connectivity index (χ4v) is 2.95. The van der Waals surface area contributed by atoms with E-state index in [-0.39, 0.29) is 12.4 Å². The third-order valence-electron chi connectivity index (χ3n) is 3.89. The number of hydrogen-bond acceptors (Lipinski definition) is 3. The zero-order chi connectivity index (χ0) is 15.4. The molecule has 0 aromatic heterocycles. The smallest absolute Gasteiger partial charge is 0.317 e. The zero-order valence-electron chi connectivity index (χ0n) is 12.0. The number of aliphatic carboxylic acids is 1. The van der Waals surface area contributed by atoms with Crippen molar-refractivity contribution in [1.82, 2.24) is 10.2 Å². The van der Waals surface area contributed by atoms with Crippen molar-refractivity contribution in [2.75, 3.05) is 13.1 Å². The van der Waals surface area contributed by atoms with E-state index in [4.69, 9.17) is 16.7 Å². The summed E-state index contributed by atoms with van der Waals surface area (Å²) in [7, 11) is 0. The van der Waals surface area contributed by atoms with Crippen LogP contribution in [-0.2, 0) is 11.3 Å². The Hall–Kier alpha value is -1.17. The van der Waals surface area contributed by atoms with Gasteiger partial charge in [-0.05, 0) is 43.1 Å². The Morgan fingerprint density at radius 1 is 1.48 bits per heavy atom. The maximum absolute atomic E-state index is 13.2. The van der Waals surface area contributed by atoms with E-state index in [9.17, 15) is 9.18 Å². The van der Waals surface area contributed by atoms with Crippen LogP contribution in [0.4, 0.5) is 4.39 Å². The largest absolute Gasteiger partial charge is 0.480 e. The molecular weight excluding hydrogens is 295 g/mol. The number of carboxylic acids is 1. The van der Waals surface area contributed by atoms with Crippen LogP contribution in [0.5, 0.6) is 0 Å². The third-order valence-corrected chi connectivity index (χ3v) is 4.11. The van der Waals surface area contributed by atoms with Gasteiger partial charge in [0.1, 0.15) is 5.82 Å². The molecule has 1 aliphatic rings. The molecule has 0 heterocycles. The number of rotatable bonds is 7. The summed E-state index contributed by atoms with van der Waals surface area (Å²) in [5.74, 6) is -1.12. The summed E-state index contributed by atoms with van der Waals surface area (Å²) >= 11 is 5.82. The monoisotopic (exact) mass is 314 g/mol. The summed E-state index contributed by atoms with van der Waals surface area (Å²) in [5.41, 5.74) is 0.821. The minimum absolute atomic E-state index is 0.0907. The van der Waals surface area contributed by atoms with Crippen LogP contribution in [0.1, 0.15) is 25.3 Å². The Morgan fingerprint density at radius 3 is 2.76 bits per heavy atom. The lowest BCUT2D eigenvalue weighted by Crippen LogP contribution is -2.53. The van der Waals surface area contributed by atoms with Crippen LogP contribution in [0.25, 0.3) is 0 Å². The van der Waals surface area contributed by atoms with Crippen LogP contribution in [0, 0.1) is 5.82 Å². The van der Waals surface area contributed by atoms with Crippen molar-refractivity contribution in [2.24, 2.45) is 0 Å². The van der Waals surface area contributed by atoms with E-state index >= 15 is 0 Å². The van der Waals surface area contributed by atoms with Crippen molar-refractivity contribution in [3.8, 4) is 0 Å². The van der Waals surface area contributed by atoms with E-state index in [0.717, 1.165) is 24.9 Å². The van der Waals surface area contributed by atoms with Crippen molar-refractivity contribution in [3.63, 3.8) is 0 Å². The second-order valence-electron chi connectivity index (χ2n) is 5.44. The summed E-state index contributed by atoms with van der Waals surface area (Å²) in [6, 6.07) is 5.17. The molecule has 1 aromatic carbocycles. The van der Waals surface area contributed by atoms with Gasteiger partial charge in [-0.25, -0.2) is 4.39 Å². The van der Waals surface area contributed by atoms with Crippen LogP contribution in [0.2, 0.25) is 5.02 Å². The fraction of sp³-hybridized carbons (Fsp3) is 0.533. The van der Waals surface area contributed by atoms with E-state index in [1.165, 1.54) is 12.1 Å². The van der Waals surface area contributed by atoms with Gasteiger partial charge in [0.05, 0.1) is 6.54 Å². The van der Waals surface area contributed by atoms with Gasteiger partial charge in [-0.2, -0.15) is 0 Å². The first-order chi connectivity index (χ1) is 9.97. The first kappa shape index (κ1) is 16.2. The Kier molecular flexibility index (Phi) is 5.56. The van der Waals surface area contributed by atoms with Gasteiger partial charge in [-0.3, -0.25) is 9.69 Å². The zero-order valence-corrected chi connectivity index (χ0v) is 12.7. The lowest BCUT2D eigenvalue weighted by atomic mass is 9.85. The van der Waals surface area contributed by atoms with Gasteiger partial charge in [-0.1, -0.05) is 18.5 Å². The van der Waals surface area contributed by atoms with Crippen molar-refractivity contribution < 1.29 is 14.3 Å². The highest BCUT2D eigenvalue weighted by molar-refractivity contribution is 6.30. The Bertz CT molecular complexity index is 486. The number of benzene rings is 1. The first-order valence-corrected chi connectivity index (χ1v) is 7.50. The number of nitrogens with zero attached hydrogens (tertiary/aromatic N) is 1. The van der Waals surface area contributed by atoms with Gasteiger partial charge >= 0.3 is 5.97 Å². The second kappa shape index (κ2) is 7.20. The molecule has 0 saturated heterocycles. The number of halogens is 2. The number of carbonyl (C=O) groups is 1. The minimum atomic E-state index is -0.789. The fourth-order valence-electron chi connectivity index (χ4n) is 2.70. The average Bonchev–Trinajstić information content (AvgIpc) is 2.33. The molecule has 0 bridgehead atoms. The maximum Gasteiger partial charge on any atom is 0.317 e. The van der Waals surface area contributed by atoms with Crippen LogP contribution in [-0.4, -0.2) is 41.1 Å². The molecule has 6 heteroatoms. The first-order valence-electron chi connectivity index (χ1n) is 7.12. The number of hydrogen-bond donors (Lipinski definition) is 2. The molecule has 4 nitrogen and oxygen atoms in total. The number of carboxylic acid groups (broad SMARTS) is 1. The Labute approximate surface area is 128 Å². The standard InChI is InChI=1S/C15H20ClFN2O2/c1-2-19(9-15(20)21)14-6-13(7-14)18-8-10-3-11(16)5-12(17)4-10/h3-5,13-14,18H,2,6-9H2,1H3,(H,20,21). The Morgan fingerprint density at radius 2 is 2.19 bits per heavy atom. The van der Waals surface area contributed by atoms with E-state index in [1.807, 2.05) is 11.8 Å². The van der Waals surface area contributed by atoms with Crippen LogP contribution >= 0.6 is 11.6 Å². The lowest BCUT2D eigenvalue weighted by Gasteiger charge is -2.42.